The van der Waals surface area contributed by atoms with Crippen molar-refractivity contribution in [2.24, 2.45) is 5.92 Å². The minimum absolute atomic E-state index is 0.0550. The van der Waals surface area contributed by atoms with Crippen LogP contribution in [0.2, 0.25) is 0 Å². The molecular formula is C19H27N5O2. The van der Waals surface area contributed by atoms with E-state index in [2.05, 4.69) is 20.4 Å². The smallest absolute Gasteiger partial charge is 0.259 e. The standard InChI is InChI=1S/C19H27N5O2/c1-4-16-18(13(2)26-23-16)19(25)24-8-5-6-14(7-9-24)10-15-11-22-17(20-3)12-21-15/h11-12,14H,4-10H2,1-3H3,(H,20,22)/t14-/m1/s1. The molecule has 7 nitrogen and oxygen atoms in total. The Balaban J connectivity index is 1.62. The van der Waals surface area contributed by atoms with Gasteiger partial charge in [-0.1, -0.05) is 12.1 Å². The van der Waals surface area contributed by atoms with Gasteiger partial charge in [0.05, 0.1) is 23.8 Å². The van der Waals surface area contributed by atoms with Gasteiger partial charge in [-0.05, 0) is 44.9 Å². The SMILES string of the molecule is CCc1noc(C)c1C(=O)N1CCC[C@@H](Cc2cnc(NC)cn2)CC1. The highest BCUT2D eigenvalue weighted by atomic mass is 16.5. The summed E-state index contributed by atoms with van der Waals surface area (Å²) in [4.78, 5) is 23.7. The Morgan fingerprint density at radius 1 is 1.31 bits per heavy atom. The van der Waals surface area contributed by atoms with Crippen LogP contribution in [0.1, 0.15) is 53.7 Å². The van der Waals surface area contributed by atoms with Crippen molar-refractivity contribution in [1.82, 2.24) is 20.0 Å². The van der Waals surface area contributed by atoms with Gasteiger partial charge >= 0.3 is 0 Å². The zero-order valence-corrected chi connectivity index (χ0v) is 15.8. The molecular weight excluding hydrogens is 330 g/mol. The molecule has 0 aliphatic carbocycles. The van der Waals surface area contributed by atoms with Gasteiger partial charge < -0.3 is 14.7 Å². The normalized spacial score (nSPS) is 17.8. The molecule has 1 saturated heterocycles. The van der Waals surface area contributed by atoms with Gasteiger partial charge in [0.25, 0.3) is 5.91 Å². The fourth-order valence-corrected chi connectivity index (χ4v) is 3.55. The molecule has 0 aromatic carbocycles. The average molecular weight is 357 g/mol. The third-order valence-corrected chi connectivity index (χ3v) is 5.08. The molecule has 3 heterocycles. The van der Waals surface area contributed by atoms with E-state index in [0.717, 1.165) is 56.0 Å². The predicted octanol–water partition coefficient (Wildman–Crippen LogP) is 2.86. The highest BCUT2D eigenvalue weighted by Gasteiger charge is 2.27. The second-order valence-electron chi connectivity index (χ2n) is 6.85. The Kier molecular flexibility index (Phi) is 5.85. The minimum atomic E-state index is 0.0550. The van der Waals surface area contributed by atoms with E-state index in [9.17, 15) is 4.79 Å². The van der Waals surface area contributed by atoms with Crippen LogP contribution in [0.5, 0.6) is 0 Å². The van der Waals surface area contributed by atoms with E-state index in [-0.39, 0.29) is 5.91 Å². The first-order chi connectivity index (χ1) is 12.6. The molecule has 0 bridgehead atoms. The van der Waals surface area contributed by atoms with Crippen LogP contribution in [0.25, 0.3) is 0 Å². The number of carbonyl (C=O) groups excluding carboxylic acids is 1. The van der Waals surface area contributed by atoms with E-state index >= 15 is 0 Å². The summed E-state index contributed by atoms with van der Waals surface area (Å²) in [5.41, 5.74) is 2.42. The number of rotatable bonds is 5. The second kappa shape index (κ2) is 8.29. The molecule has 1 amide bonds. The van der Waals surface area contributed by atoms with Crippen molar-refractivity contribution >= 4 is 11.7 Å². The Labute approximate surface area is 154 Å². The molecule has 1 aliphatic heterocycles. The fraction of sp³-hybridized carbons (Fsp3) is 0.579. The average Bonchev–Trinajstić information content (AvgIpc) is 2.88. The maximum atomic E-state index is 12.9. The van der Waals surface area contributed by atoms with Gasteiger partial charge in [0.2, 0.25) is 0 Å². The number of anilines is 1. The van der Waals surface area contributed by atoms with Crippen LogP contribution in [0.4, 0.5) is 5.82 Å². The van der Waals surface area contributed by atoms with Crippen molar-refractivity contribution in [1.29, 1.82) is 0 Å². The number of aryl methyl sites for hydroxylation is 2. The van der Waals surface area contributed by atoms with Crippen molar-refractivity contribution in [3.8, 4) is 0 Å². The summed E-state index contributed by atoms with van der Waals surface area (Å²) in [5, 5.41) is 7.00. The molecule has 1 N–H and O–H groups in total. The van der Waals surface area contributed by atoms with Crippen LogP contribution >= 0.6 is 0 Å². The number of amides is 1. The largest absolute Gasteiger partial charge is 0.372 e. The lowest BCUT2D eigenvalue weighted by Crippen LogP contribution is -2.32. The summed E-state index contributed by atoms with van der Waals surface area (Å²) in [7, 11) is 1.84. The summed E-state index contributed by atoms with van der Waals surface area (Å²) in [5.74, 6) is 1.98. The fourth-order valence-electron chi connectivity index (χ4n) is 3.55. The van der Waals surface area contributed by atoms with E-state index in [1.54, 1.807) is 6.20 Å². The van der Waals surface area contributed by atoms with Gasteiger partial charge in [-0.15, -0.1) is 0 Å². The van der Waals surface area contributed by atoms with Crippen molar-refractivity contribution in [3.63, 3.8) is 0 Å². The van der Waals surface area contributed by atoms with Crippen LogP contribution in [0, 0.1) is 12.8 Å². The molecule has 3 rings (SSSR count). The van der Waals surface area contributed by atoms with E-state index in [1.165, 1.54) is 0 Å². The van der Waals surface area contributed by atoms with Crippen molar-refractivity contribution in [2.45, 2.75) is 46.0 Å². The zero-order chi connectivity index (χ0) is 18.5. The molecule has 0 radical (unpaired) electrons. The highest BCUT2D eigenvalue weighted by molar-refractivity contribution is 5.96. The van der Waals surface area contributed by atoms with Crippen LogP contribution in [0.3, 0.4) is 0 Å². The Bertz CT molecular complexity index is 741. The summed E-state index contributed by atoms with van der Waals surface area (Å²) >= 11 is 0. The molecule has 7 heteroatoms. The van der Waals surface area contributed by atoms with Crippen molar-refractivity contribution < 1.29 is 9.32 Å². The van der Waals surface area contributed by atoms with Crippen molar-refractivity contribution in [3.05, 3.63) is 35.1 Å². The first-order valence-corrected chi connectivity index (χ1v) is 9.35. The first-order valence-electron chi connectivity index (χ1n) is 9.35. The van der Waals surface area contributed by atoms with Crippen LogP contribution < -0.4 is 5.32 Å². The van der Waals surface area contributed by atoms with Crippen LogP contribution in [-0.2, 0) is 12.8 Å². The Morgan fingerprint density at radius 3 is 2.85 bits per heavy atom. The molecule has 26 heavy (non-hydrogen) atoms. The molecule has 140 valence electrons. The van der Waals surface area contributed by atoms with Crippen LogP contribution in [-0.4, -0.2) is 46.1 Å². The van der Waals surface area contributed by atoms with Gasteiger partial charge in [0, 0.05) is 20.1 Å². The topological polar surface area (TPSA) is 84.2 Å². The van der Waals surface area contributed by atoms with Crippen LogP contribution in [0.15, 0.2) is 16.9 Å². The molecule has 0 unspecified atom stereocenters. The number of carbonyl (C=O) groups is 1. The minimum Gasteiger partial charge on any atom is -0.372 e. The summed E-state index contributed by atoms with van der Waals surface area (Å²) in [6, 6.07) is 0. The molecule has 1 atom stereocenters. The number of hydrogen-bond donors (Lipinski definition) is 1. The summed E-state index contributed by atoms with van der Waals surface area (Å²) < 4.78 is 5.23. The molecule has 1 aliphatic rings. The molecule has 0 saturated carbocycles. The van der Waals surface area contributed by atoms with E-state index < -0.39 is 0 Å². The lowest BCUT2D eigenvalue weighted by Gasteiger charge is -2.20. The number of likely N-dealkylation sites (tertiary alicyclic amines) is 1. The number of nitrogens with zero attached hydrogens (tertiary/aromatic N) is 4. The molecule has 2 aromatic rings. The number of hydrogen-bond acceptors (Lipinski definition) is 6. The molecule has 2 aromatic heterocycles. The van der Waals surface area contributed by atoms with E-state index in [1.807, 2.05) is 32.0 Å². The van der Waals surface area contributed by atoms with Gasteiger partial charge in [0.15, 0.2) is 0 Å². The predicted molar refractivity (Wildman–Crippen MR) is 99.1 cm³/mol. The van der Waals surface area contributed by atoms with Gasteiger partial charge in [-0.25, -0.2) is 4.98 Å². The van der Waals surface area contributed by atoms with Gasteiger partial charge in [-0.2, -0.15) is 0 Å². The second-order valence-corrected chi connectivity index (χ2v) is 6.85. The zero-order valence-electron chi connectivity index (χ0n) is 15.8. The maximum Gasteiger partial charge on any atom is 0.259 e. The highest BCUT2D eigenvalue weighted by Crippen LogP contribution is 2.24. The lowest BCUT2D eigenvalue weighted by molar-refractivity contribution is 0.0757. The van der Waals surface area contributed by atoms with E-state index in [4.69, 9.17) is 4.52 Å². The van der Waals surface area contributed by atoms with E-state index in [0.29, 0.717) is 23.7 Å². The molecule has 0 spiro atoms. The third kappa shape index (κ3) is 4.03. The Morgan fingerprint density at radius 2 is 2.15 bits per heavy atom. The number of aromatic nitrogens is 3. The number of nitrogens with one attached hydrogen (secondary N) is 1. The molecule has 1 fully saturated rings. The Hall–Kier alpha value is -2.44. The first kappa shape index (κ1) is 18.4. The summed E-state index contributed by atoms with van der Waals surface area (Å²) in [6.07, 6.45) is 8.30. The van der Waals surface area contributed by atoms with Crippen molar-refractivity contribution in [2.75, 3.05) is 25.5 Å². The third-order valence-electron chi connectivity index (χ3n) is 5.08. The van der Waals surface area contributed by atoms with Gasteiger partial charge in [0.1, 0.15) is 17.1 Å². The maximum absolute atomic E-state index is 12.9. The monoisotopic (exact) mass is 357 g/mol. The summed E-state index contributed by atoms with van der Waals surface area (Å²) in [6.45, 7) is 5.35. The lowest BCUT2D eigenvalue weighted by atomic mass is 9.95. The van der Waals surface area contributed by atoms with Gasteiger partial charge in [-0.3, -0.25) is 9.78 Å². The quantitative estimate of drug-likeness (QED) is 0.886.